The zero-order chi connectivity index (χ0) is 16.4. The number of carbonyl (C=O) groups excluding carboxylic acids is 1. The van der Waals surface area contributed by atoms with Crippen LogP contribution >= 0.6 is 0 Å². The number of benzene rings is 1. The van der Waals surface area contributed by atoms with Gasteiger partial charge < -0.3 is 9.84 Å². The monoisotopic (exact) mass is 297 g/mol. The molecule has 0 bridgehead atoms. The van der Waals surface area contributed by atoms with Gasteiger partial charge in [-0.15, -0.1) is 0 Å². The van der Waals surface area contributed by atoms with E-state index in [4.69, 9.17) is 4.74 Å². The molecule has 2 rings (SSSR count). The molecule has 1 saturated carbocycles. The molecule has 1 aliphatic carbocycles. The standard InChI is InChI=1S/C18H19NO3/c1-13(2)18(21,17(12-19)10-11-17)9-8-14-6-4-5-7-15(14)16(20)22-3/h4-7,13,21H,10-11H2,1-3H3/t18-/m0/s1. The first-order valence-electron chi connectivity index (χ1n) is 7.24. The molecule has 22 heavy (non-hydrogen) atoms. The second-order valence-corrected chi connectivity index (χ2v) is 5.90. The average molecular weight is 297 g/mol. The molecule has 4 heteroatoms. The summed E-state index contributed by atoms with van der Waals surface area (Å²) in [6, 6.07) is 9.03. The number of esters is 1. The van der Waals surface area contributed by atoms with Crippen LogP contribution in [0.4, 0.5) is 0 Å². The van der Waals surface area contributed by atoms with Crippen molar-refractivity contribution < 1.29 is 14.6 Å². The van der Waals surface area contributed by atoms with E-state index in [-0.39, 0.29) is 5.92 Å². The fourth-order valence-electron chi connectivity index (χ4n) is 2.56. The number of nitrogens with zero attached hydrogens (tertiary/aromatic N) is 1. The molecule has 0 radical (unpaired) electrons. The third kappa shape index (κ3) is 2.58. The van der Waals surface area contributed by atoms with E-state index >= 15 is 0 Å². The minimum absolute atomic E-state index is 0.188. The van der Waals surface area contributed by atoms with Crippen molar-refractivity contribution in [2.24, 2.45) is 11.3 Å². The van der Waals surface area contributed by atoms with Crippen molar-refractivity contribution >= 4 is 5.97 Å². The number of nitriles is 1. The van der Waals surface area contributed by atoms with Crippen LogP contribution in [0.1, 0.15) is 42.6 Å². The van der Waals surface area contributed by atoms with Crippen molar-refractivity contribution in [3.05, 3.63) is 35.4 Å². The summed E-state index contributed by atoms with van der Waals surface area (Å²) in [5.41, 5.74) is -1.34. The lowest BCUT2D eigenvalue weighted by molar-refractivity contribution is 0.00475. The number of aliphatic hydroxyl groups is 1. The molecule has 1 N–H and O–H groups in total. The summed E-state index contributed by atoms with van der Waals surface area (Å²) < 4.78 is 4.74. The molecule has 0 unspecified atom stereocenters. The van der Waals surface area contributed by atoms with Crippen LogP contribution in [0.5, 0.6) is 0 Å². The van der Waals surface area contributed by atoms with Crippen molar-refractivity contribution in [2.45, 2.75) is 32.3 Å². The summed E-state index contributed by atoms with van der Waals surface area (Å²) in [6.07, 6.45) is 1.29. The number of methoxy groups -OCH3 is 1. The first kappa shape index (κ1) is 16.1. The Morgan fingerprint density at radius 2 is 2.05 bits per heavy atom. The molecule has 114 valence electrons. The first-order valence-corrected chi connectivity index (χ1v) is 7.24. The van der Waals surface area contributed by atoms with Crippen molar-refractivity contribution in [1.82, 2.24) is 0 Å². The van der Waals surface area contributed by atoms with Gasteiger partial charge in [0, 0.05) is 5.56 Å². The van der Waals surface area contributed by atoms with E-state index in [1.807, 2.05) is 13.8 Å². The van der Waals surface area contributed by atoms with Crippen molar-refractivity contribution in [3.8, 4) is 17.9 Å². The van der Waals surface area contributed by atoms with Gasteiger partial charge in [0.25, 0.3) is 0 Å². The SMILES string of the molecule is COC(=O)c1ccccc1C#C[C@](O)(C(C)C)C1(C#N)CC1. The lowest BCUT2D eigenvalue weighted by Gasteiger charge is -2.31. The molecule has 1 atom stereocenters. The van der Waals surface area contributed by atoms with Crippen LogP contribution in [-0.4, -0.2) is 23.8 Å². The maximum atomic E-state index is 11.8. The van der Waals surface area contributed by atoms with Gasteiger partial charge in [-0.05, 0) is 30.9 Å². The van der Waals surface area contributed by atoms with E-state index in [2.05, 4.69) is 17.9 Å². The number of rotatable bonds is 3. The molecule has 0 saturated heterocycles. The van der Waals surface area contributed by atoms with Gasteiger partial charge in [-0.2, -0.15) is 5.26 Å². The molecule has 0 aliphatic heterocycles. The van der Waals surface area contributed by atoms with E-state index in [0.717, 1.165) is 0 Å². The van der Waals surface area contributed by atoms with Gasteiger partial charge in [0.15, 0.2) is 0 Å². The highest BCUT2D eigenvalue weighted by atomic mass is 16.5. The molecular formula is C18H19NO3. The zero-order valence-corrected chi connectivity index (χ0v) is 13.0. The maximum absolute atomic E-state index is 11.8. The van der Waals surface area contributed by atoms with Crippen LogP contribution in [0.25, 0.3) is 0 Å². The van der Waals surface area contributed by atoms with Gasteiger partial charge in [-0.1, -0.05) is 37.8 Å². The summed E-state index contributed by atoms with van der Waals surface area (Å²) in [7, 11) is 1.31. The maximum Gasteiger partial charge on any atom is 0.339 e. The molecule has 4 nitrogen and oxygen atoms in total. The Balaban J connectivity index is 2.45. The van der Waals surface area contributed by atoms with E-state index in [1.54, 1.807) is 24.3 Å². The van der Waals surface area contributed by atoms with Crippen LogP contribution in [-0.2, 0) is 4.74 Å². The lowest BCUT2D eigenvalue weighted by atomic mass is 9.77. The Kier molecular flexibility index (Phi) is 4.26. The van der Waals surface area contributed by atoms with Crippen LogP contribution in [0, 0.1) is 34.5 Å². The van der Waals surface area contributed by atoms with Crippen molar-refractivity contribution in [3.63, 3.8) is 0 Å². The summed E-state index contributed by atoms with van der Waals surface area (Å²) in [6.45, 7) is 3.69. The summed E-state index contributed by atoms with van der Waals surface area (Å²) in [5, 5.41) is 20.3. The second-order valence-electron chi connectivity index (χ2n) is 5.90. The summed E-state index contributed by atoms with van der Waals surface area (Å²) in [4.78, 5) is 11.8. The second kappa shape index (κ2) is 5.83. The average Bonchev–Trinajstić information content (AvgIpc) is 3.33. The highest BCUT2D eigenvalue weighted by Gasteiger charge is 2.60. The third-order valence-electron chi connectivity index (χ3n) is 4.25. The lowest BCUT2D eigenvalue weighted by Crippen LogP contribution is -2.42. The van der Waals surface area contributed by atoms with Gasteiger partial charge in [0.2, 0.25) is 0 Å². The molecule has 0 aromatic heterocycles. The third-order valence-corrected chi connectivity index (χ3v) is 4.25. The molecule has 1 aromatic rings. The van der Waals surface area contributed by atoms with E-state index in [9.17, 15) is 15.2 Å². The predicted octanol–water partition coefficient (Wildman–Crippen LogP) is 2.52. The highest BCUT2D eigenvalue weighted by molar-refractivity contribution is 5.92. The van der Waals surface area contributed by atoms with Crippen molar-refractivity contribution in [1.29, 1.82) is 5.26 Å². The molecule has 0 spiro atoms. The van der Waals surface area contributed by atoms with E-state index < -0.39 is 17.0 Å². The Bertz CT molecular complexity index is 686. The molecule has 0 amide bonds. The summed E-state index contributed by atoms with van der Waals surface area (Å²) in [5.74, 6) is 5.08. The summed E-state index contributed by atoms with van der Waals surface area (Å²) >= 11 is 0. The largest absolute Gasteiger partial charge is 0.465 e. The van der Waals surface area contributed by atoms with Crippen LogP contribution in [0.3, 0.4) is 0 Å². The quantitative estimate of drug-likeness (QED) is 0.687. The molecule has 1 aromatic carbocycles. The van der Waals surface area contributed by atoms with Gasteiger partial charge in [-0.25, -0.2) is 4.79 Å². The number of hydrogen-bond acceptors (Lipinski definition) is 4. The molecular weight excluding hydrogens is 278 g/mol. The number of ether oxygens (including phenoxy) is 1. The molecule has 1 fully saturated rings. The van der Waals surface area contributed by atoms with Crippen LogP contribution in [0.15, 0.2) is 24.3 Å². The predicted molar refractivity (Wildman–Crippen MR) is 81.7 cm³/mol. The van der Waals surface area contributed by atoms with Crippen molar-refractivity contribution in [2.75, 3.05) is 7.11 Å². The topological polar surface area (TPSA) is 70.3 Å². The Hall–Kier alpha value is -2.30. The number of hydrogen-bond donors (Lipinski definition) is 1. The van der Waals surface area contributed by atoms with E-state index in [1.165, 1.54) is 7.11 Å². The van der Waals surface area contributed by atoms with Crippen LogP contribution in [0.2, 0.25) is 0 Å². The molecule has 1 aliphatic rings. The van der Waals surface area contributed by atoms with Gasteiger partial charge in [0.1, 0.15) is 5.60 Å². The number of carbonyl (C=O) groups is 1. The Morgan fingerprint density at radius 3 is 2.55 bits per heavy atom. The van der Waals surface area contributed by atoms with Gasteiger partial charge in [0.05, 0.1) is 24.2 Å². The van der Waals surface area contributed by atoms with Gasteiger partial charge >= 0.3 is 5.97 Å². The Morgan fingerprint density at radius 1 is 1.41 bits per heavy atom. The highest BCUT2D eigenvalue weighted by Crippen LogP contribution is 2.56. The fourth-order valence-corrected chi connectivity index (χ4v) is 2.56. The Labute approximate surface area is 130 Å². The minimum atomic E-state index is -1.38. The zero-order valence-electron chi connectivity index (χ0n) is 13.0. The van der Waals surface area contributed by atoms with E-state index in [0.29, 0.717) is 24.0 Å². The fraction of sp³-hybridized carbons (Fsp3) is 0.444. The first-order chi connectivity index (χ1) is 10.4. The molecule has 0 heterocycles. The minimum Gasteiger partial charge on any atom is -0.465 e. The van der Waals surface area contributed by atoms with Crippen LogP contribution < -0.4 is 0 Å². The smallest absolute Gasteiger partial charge is 0.339 e. The van der Waals surface area contributed by atoms with Gasteiger partial charge in [-0.3, -0.25) is 0 Å². The normalized spacial score (nSPS) is 17.6.